The van der Waals surface area contributed by atoms with Crippen LogP contribution in [0.1, 0.15) is 16.1 Å². The molecule has 25 heavy (non-hydrogen) atoms. The number of rotatable bonds is 5. The number of carbonyl (C=O) groups excluding carboxylic acids is 1. The topological polar surface area (TPSA) is 105 Å². The Hall–Kier alpha value is -2.60. The summed E-state index contributed by atoms with van der Waals surface area (Å²) < 4.78 is 10.8. The van der Waals surface area contributed by atoms with Gasteiger partial charge in [0.2, 0.25) is 6.16 Å². The monoisotopic (exact) mass is 372 g/mol. The molecule has 1 unspecified atom stereocenters. The Morgan fingerprint density at radius 3 is 2.76 bits per heavy atom. The summed E-state index contributed by atoms with van der Waals surface area (Å²) in [5.74, 6) is -0.345. The number of nitrogens with two attached hydrogens (primary N) is 1. The van der Waals surface area contributed by atoms with Gasteiger partial charge < -0.3 is 11.1 Å². The molecule has 0 fully saturated rings. The van der Waals surface area contributed by atoms with E-state index in [0.717, 1.165) is 10.4 Å². The van der Waals surface area contributed by atoms with Crippen molar-refractivity contribution in [1.29, 1.82) is 0 Å². The fraction of sp³-hybridized carbons (Fsp3) is 0.0588. The minimum Gasteiger partial charge on any atom is -0.397 e. The molecule has 1 amide bonds. The summed E-state index contributed by atoms with van der Waals surface area (Å²) in [6.07, 6.45) is 1.34. The van der Waals surface area contributed by atoms with Crippen LogP contribution in [0.5, 0.6) is 0 Å². The first-order valence-corrected chi connectivity index (χ1v) is 9.64. The lowest BCUT2D eigenvalue weighted by molar-refractivity contribution is 0.102. The lowest BCUT2D eigenvalue weighted by Gasteiger charge is -2.10. The van der Waals surface area contributed by atoms with Crippen LogP contribution in [0.3, 0.4) is 0 Å². The smallest absolute Gasteiger partial charge is 0.397 e. The van der Waals surface area contributed by atoms with Gasteiger partial charge in [-0.15, -0.1) is 11.3 Å². The summed E-state index contributed by atoms with van der Waals surface area (Å²) in [6, 6.07) is 12.6. The number of nitrogen functional groups attached to an aromatic ring is 1. The van der Waals surface area contributed by atoms with Crippen LogP contribution in [0.25, 0.3) is 10.4 Å². The van der Waals surface area contributed by atoms with E-state index in [1.54, 1.807) is 29.5 Å². The summed E-state index contributed by atoms with van der Waals surface area (Å²) in [6.45, 7) is 0. The minimum atomic E-state index is -2.30. The lowest BCUT2D eigenvalue weighted by atomic mass is 10.1. The number of nitrogens with one attached hydrogen (secondary N) is 1. The van der Waals surface area contributed by atoms with Gasteiger partial charge >= 0.3 is 8.03 Å². The van der Waals surface area contributed by atoms with Crippen LogP contribution in [0.4, 0.5) is 11.4 Å². The molecular weight excluding hydrogens is 357 g/mol. The van der Waals surface area contributed by atoms with Crippen molar-refractivity contribution in [2.45, 2.75) is 6.16 Å². The number of pyridine rings is 1. The number of hydrogen-bond acceptors (Lipinski definition) is 5. The predicted molar refractivity (Wildman–Crippen MR) is 99.9 cm³/mol. The van der Waals surface area contributed by atoms with E-state index in [1.807, 2.05) is 29.6 Å². The number of benzene rings is 1. The predicted octanol–water partition coefficient (Wildman–Crippen LogP) is 3.88. The van der Waals surface area contributed by atoms with Gasteiger partial charge in [0.05, 0.1) is 22.6 Å². The summed E-state index contributed by atoms with van der Waals surface area (Å²) >= 11 is 1.60. The molecule has 0 radical (unpaired) electrons. The lowest BCUT2D eigenvalue weighted by Crippen LogP contribution is -2.13. The van der Waals surface area contributed by atoms with Crippen molar-refractivity contribution >= 4 is 36.6 Å². The van der Waals surface area contributed by atoms with E-state index in [2.05, 4.69) is 10.3 Å². The van der Waals surface area contributed by atoms with Gasteiger partial charge in [-0.05, 0) is 45.8 Å². The van der Waals surface area contributed by atoms with Gasteiger partial charge in [0.15, 0.2) is 0 Å². The largest absolute Gasteiger partial charge is 0.511 e. The molecule has 6 nitrogen and oxygen atoms in total. The van der Waals surface area contributed by atoms with Gasteiger partial charge in [0, 0.05) is 11.1 Å². The Kier molecular flexibility index (Phi) is 5.19. The normalized spacial score (nSPS) is 11.2. The van der Waals surface area contributed by atoms with Crippen LogP contribution in [0, 0.1) is 0 Å². The quantitative estimate of drug-likeness (QED) is 0.466. The number of hydrogen-bond donors (Lipinski definition) is 3. The number of anilines is 2. The molecule has 0 bridgehead atoms. The molecule has 0 aliphatic carbocycles. The second kappa shape index (κ2) is 7.53. The van der Waals surface area contributed by atoms with Crippen LogP contribution in [-0.4, -0.2) is 15.8 Å². The van der Waals surface area contributed by atoms with Gasteiger partial charge in [0.1, 0.15) is 0 Å². The molecule has 2 aromatic heterocycles. The van der Waals surface area contributed by atoms with Crippen LogP contribution in [-0.2, 0) is 10.7 Å². The zero-order valence-electron chi connectivity index (χ0n) is 13.0. The maximum atomic E-state index is 12.4. The third-order valence-electron chi connectivity index (χ3n) is 3.49. The van der Waals surface area contributed by atoms with Crippen molar-refractivity contribution in [3.8, 4) is 10.4 Å². The highest BCUT2D eigenvalue weighted by Crippen LogP contribution is 2.30. The first-order valence-electron chi connectivity index (χ1n) is 7.36. The molecule has 0 aliphatic heterocycles. The van der Waals surface area contributed by atoms with E-state index in [0.29, 0.717) is 22.6 Å². The summed E-state index contributed by atoms with van der Waals surface area (Å²) in [5.41, 5.74) is 8.73. The maximum absolute atomic E-state index is 12.4. The molecule has 8 heteroatoms. The molecule has 0 saturated heterocycles. The number of thiophene rings is 1. The molecular formula is C17H15N3O3PS+. The van der Waals surface area contributed by atoms with Crippen LogP contribution >= 0.6 is 19.4 Å². The van der Waals surface area contributed by atoms with Crippen molar-refractivity contribution in [3.05, 3.63) is 65.3 Å². The van der Waals surface area contributed by atoms with Crippen LogP contribution < -0.4 is 11.1 Å². The van der Waals surface area contributed by atoms with E-state index in [1.165, 1.54) is 6.20 Å². The highest BCUT2D eigenvalue weighted by atomic mass is 32.1. The van der Waals surface area contributed by atoms with Crippen molar-refractivity contribution in [3.63, 3.8) is 0 Å². The molecule has 126 valence electrons. The summed E-state index contributed by atoms with van der Waals surface area (Å²) in [5, 5.41) is 4.77. The van der Waals surface area contributed by atoms with Gasteiger partial charge in [-0.25, -0.2) is 0 Å². The molecule has 0 spiro atoms. The van der Waals surface area contributed by atoms with Crippen molar-refractivity contribution in [1.82, 2.24) is 4.98 Å². The van der Waals surface area contributed by atoms with Gasteiger partial charge in [0.25, 0.3) is 5.91 Å². The summed E-state index contributed by atoms with van der Waals surface area (Å²) in [7, 11) is -2.30. The average Bonchev–Trinajstić information content (AvgIpc) is 3.11. The van der Waals surface area contributed by atoms with E-state index in [9.17, 15) is 9.36 Å². The Bertz CT molecular complexity index is 911. The first kappa shape index (κ1) is 17.2. The Balaban J connectivity index is 1.78. The Morgan fingerprint density at radius 1 is 1.28 bits per heavy atom. The van der Waals surface area contributed by atoms with E-state index >= 15 is 0 Å². The molecule has 3 aromatic rings. The molecule has 0 saturated carbocycles. The van der Waals surface area contributed by atoms with Crippen LogP contribution in [0.2, 0.25) is 0 Å². The average molecular weight is 372 g/mol. The zero-order chi connectivity index (χ0) is 17.8. The van der Waals surface area contributed by atoms with Crippen molar-refractivity contribution in [2.24, 2.45) is 0 Å². The van der Waals surface area contributed by atoms with E-state index < -0.39 is 8.03 Å². The first-order chi connectivity index (χ1) is 12.0. The van der Waals surface area contributed by atoms with Gasteiger partial charge in [-0.2, -0.15) is 4.89 Å². The fourth-order valence-corrected chi connectivity index (χ4v) is 3.43. The van der Waals surface area contributed by atoms with Crippen molar-refractivity contribution in [2.75, 3.05) is 11.1 Å². The Morgan fingerprint density at radius 2 is 2.12 bits per heavy atom. The highest BCUT2D eigenvalue weighted by Gasteiger charge is 2.15. The summed E-state index contributed by atoms with van der Waals surface area (Å²) in [4.78, 5) is 26.4. The van der Waals surface area contributed by atoms with Gasteiger partial charge in [-0.3, -0.25) is 9.78 Å². The molecule has 1 atom stereocenters. The highest BCUT2D eigenvalue weighted by molar-refractivity contribution is 7.37. The fourth-order valence-electron chi connectivity index (χ4n) is 2.25. The van der Waals surface area contributed by atoms with Gasteiger partial charge in [-0.1, -0.05) is 12.1 Å². The second-order valence-electron chi connectivity index (χ2n) is 5.28. The van der Waals surface area contributed by atoms with E-state index in [4.69, 9.17) is 10.6 Å². The van der Waals surface area contributed by atoms with Crippen LogP contribution in [0.15, 0.2) is 54.0 Å². The maximum Gasteiger partial charge on any atom is 0.511 e. The van der Waals surface area contributed by atoms with Crippen molar-refractivity contribution < 1.29 is 14.3 Å². The molecule has 3 rings (SSSR count). The molecule has 1 aromatic carbocycles. The number of nitrogens with zero attached hydrogens (tertiary/aromatic N) is 1. The Labute approximate surface area is 149 Å². The SMILES string of the molecule is Nc1ccc(-c2cccs2)cc1NC(=O)c1ccc(C[P+](=O)O)nc1. The third-order valence-corrected chi connectivity index (χ3v) is 5.00. The molecule has 2 heterocycles. The molecule has 4 N–H and O–H groups in total. The third kappa shape index (κ3) is 4.28. The molecule has 0 aliphatic rings. The number of carbonyl (C=O) groups is 1. The van der Waals surface area contributed by atoms with E-state index in [-0.39, 0.29) is 12.1 Å². The zero-order valence-corrected chi connectivity index (χ0v) is 14.8. The number of aromatic nitrogens is 1. The number of amides is 1. The standard InChI is InChI=1S/C17H14N3O3PS/c18-14-6-4-11(16-2-1-7-25-16)8-15(14)20-17(21)12-3-5-13(19-9-12)10-24(22)23/h1-9H,10,18H2,(H-,20,21,22,23)/p+1. The minimum absolute atomic E-state index is 0.0347. The second-order valence-corrected chi connectivity index (χ2v) is 7.25.